The smallest absolute Gasteiger partial charge is 0.306 e. The van der Waals surface area contributed by atoms with Gasteiger partial charge in [0.1, 0.15) is 6.61 Å². The number of aromatic nitrogens is 1. The molecule has 2 amide bonds. The average Bonchev–Trinajstić information content (AvgIpc) is 4.13. The third-order valence-electron chi connectivity index (χ3n) is 15.1. The Kier molecular flexibility index (Phi) is 12.1. The second kappa shape index (κ2) is 17.7. The fourth-order valence-corrected chi connectivity index (χ4v) is 11.4. The van der Waals surface area contributed by atoms with Gasteiger partial charge < -0.3 is 19.6 Å². The van der Waals surface area contributed by atoms with E-state index in [9.17, 15) is 24.3 Å². The molecule has 2 unspecified atom stereocenters. The first-order valence-electron chi connectivity index (χ1n) is 23.3. The predicted octanol–water partition coefficient (Wildman–Crippen LogP) is 8.32. The number of allylic oxidation sites excluding steroid dienone is 1. The highest BCUT2D eigenvalue weighted by Gasteiger charge is 2.43. The highest BCUT2D eigenvalue weighted by Crippen LogP contribution is 2.56. The number of carbonyl (C=O) groups excluding carboxylic acids is 4. The van der Waals surface area contributed by atoms with E-state index in [2.05, 4.69) is 42.5 Å². The van der Waals surface area contributed by atoms with Gasteiger partial charge in [-0.1, -0.05) is 52.0 Å². The Morgan fingerprint density at radius 1 is 0.794 bits per heavy atom. The van der Waals surface area contributed by atoms with Gasteiger partial charge in [0.15, 0.2) is 5.78 Å². The number of aliphatic hydroxyl groups is 1. The number of pyridine rings is 1. The zero-order chi connectivity index (χ0) is 44.1. The minimum Gasteiger partial charge on any atom is -0.469 e. The van der Waals surface area contributed by atoms with E-state index >= 15 is 0 Å². The second-order valence-electron chi connectivity index (χ2n) is 19.5. The summed E-state index contributed by atoms with van der Waals surface area (Å²) in [5, 5.41) is 9.37. The van der Waals surface area contributed by atoms with Crippen LogP contribution in [0.3, 0.4) is 0 Å². The zero-order valence-electron chi connectivity index (χ0n) is 37.4. The molecule has 3 aromatic rings. The van der Waals surface area contributed by atoms with Crippen molar-refractivity contribution in [2.24, 2.45) is 39.6 Å². The maximum atomic E-state index is 13.9. The molecular formula is C52H61N5O6. The number of Topliss-reactive ketones (excluding diaryl/α,β-unsaturated/α-hetero) is 1. The molecule has 0 spiro atoms. The number of ketones is 1. The number of hydrogen-bond acceptors (Lipinski definition) is 9. The maximum Gasteiger partial charge on any atom is 0.306 e. The number of fused-ring (bicyclic) bond motifs is 4. The molecule has 6 atom stereocenters. The van der Waals surface area contributed by atoms with Gasteiger partial charge in [0.05, 0.1) is 42.9 Å². The molecule has 5 heterocycles. The molecule has 63 heavy (non-hydrogen) atoms. The minimum absolute atomic E-state index is 0.00610. The number of hydrogen-bond donors (Lipinski definition) is 1. The Morgan fingerprint density at radius 3 is 2.11 bits per heavy atom. The Morgan fingerprint density at radius 2 is 1.48 bits per heavy atom. The Balaban J connectivity index is 0.896. The van der Waals surface area contributed by atoms with Crippen LogP contribution < -0.4 is 0 Å². The van der Waals surface area contributed by atoms with Crippen molar-refractivity contribution in [3.63, 3.8) is 0 Å². The molecule has 6 aliphatic rings. The number of carbonyl (C=O) groups is 4. The molecule has 11 heteroatoms. The van der Waals surface area contributed by atoms with Crippen LogP contribution in [0, 0.1) is 29.6 Å². The van der Waals surface area contributed by atoms with Crippen molar-refractivity contribution in [2.75, 3.05) is 26.8 Å². The quantitative estimate of drug-likeness (QED) is 0.161. The number of methoxy groups -OCH3 is 1. The van der Waals surface area contributed by atoms with Crippen molar-refractivity contribution >= 4 is 46.3 Å². The van der Waals surface area contributed by atoms with Crippen LogP contribution in [-0.2, 0) is 36.8 Å². The van der Waals surface area contributed by atoms with E-state index in [0.29, 0.717) is 31.3 Å². The number of nitrogens with zero attached hydrogens (tertiary/aromatic N) is 5. The van der Waals surface area contributed by atoms with E-state index < -0.39 is 18.4 Å². The average molecular weight is 852 g/mol. The van der Waals surface area contributed by atoms with E-state index in [-0.39, 0.29) is 60.3 Å². The number of amides is 2. The molecule has 9 rings (SSSR count). The minimum atomic E-state index is -0.538. The van der Waals surface area contributed by atoms with Crippen molar-refractivity contribution in [2.45, 2.75) is 116 Å². The molecule has 0 radical (unpaired) electrons. The number of rotatable bonds is 14. The third kappa shape index (κ3) is 8.11. The van der Waals surface area contributed by atoms with Crippen molar-refractivity contribution in [1.29, 1.82) is 0 Å². The van der Waals surface area contributed by atoms with Crippen LogP contribution in [0.1, 0.15) is 114 Å². The molecule has 4 aliphatic heterocycles. The van der Waals surface area contributed by atoms with E-state index in [1.54, 1.807) is 0 Å². The normalized spacial score (nSPS) is 23.2. The third-order valence-corrected chi connectivity index (χ3v) is 15.1. The first-order chi connectivity index (χ1) is 30.4. The van der Waals surface area contributed by atoms with Crippen LogP contribution in [-0.4, -0.2) is 93.8 Å². The van der Waals surface area contributed by atoms with E-state index in [4.69, 9.17) is 19.7 Å². The molecule has 2 aromatic carbocycles. The Bertz CT molecular complexity index is 2410. The van der Waals surface area contributed by atoms with Gasteiger partial charge in [0.25, 0.3) is 0 Å². The van der Waals surface area contributed by atoms with Crippen LogP contribution >= 0.6 is 0 Å². The van der Waals surface area contributed by atoms with Crippen LogP contribution in [0.25, 0.3) is 28.0 Å². The summed E-state index contributed by atoms with van der Waals surface area (Å²) < 4.78 is 4.94. The Labute approximate surface area is 371 Å². The molecule has 330 valence electrons. The first kappa shape index (κ1) is 43.0. The first-order valence-corrected chi connectivity index (χ1v) is 23.3. The summed E-state index contributed by atoms with van der Waals surface area (Å²) in [5.74, 6) is -0.269. The summed E-state index contributed by atoms with van der Waals surface area (Å²) in [4.78, 5) is 70.9. The van der Waals surface area contributed by atoms with Crippen LogP contribution in [0.5, 0.6) is 0 Å². The van der Waals surface area contributed by atoms with Crippen molar-refractivity contribution in [1.82, 2.24) is 14.8 Å². The van der Waals surface area contributed by atoms with E-state index in [1.807, 2.05) is 49.9 Å². The molecule has 1 saturated carbocycles. The lowest BCUT2D eigenvalue weighted by atomic mass is 9.73. The van der Waals surface area contributed by atoms with Gasteiger partial charge in [-0.25, -0.2) is 0 Å². The lowest BCUT2D eigenvalue weighted by Crippen LogP contribution is -2.45. The summed E-state index contributed by atoms with van der Waals surface area (Å²) in [7, 11) is 1.38. The van der Waals surface area contributed by atoms with Gasteiger partial charge in [0.2, 0.25) is 11.8 Å². The summed E-state index contributed by atoms with van der Waals surface area (Å²) >= 11 is 0. The highest BCUT2D eigenvalue weighted by atomic mass is 16.5. The van der Waals surface area contributed by atoms with Crippen LogP contribution in [0.15, 0.2) is 64.8 Å². The Hall–Kier alpha value is -5.29. The van der Waals surface area contributed by atoms with Crippen molar-refractivity contribution < 1.29 is 29.0 Å². The lowest BCUT2D eigenvalue weighted by molar-refractivity contribution is -0.148. The summed E-state index contributed by atoms with van der Waals surface area (Å²) in [6.07, 6.45) is 12.5. The summed E-state index contributed by atoms with van der Waals surface area (Å²) in [6.45, 7) is 8.72. The fraction of sp³-hybridized carbons (Fsp3) is 0.519. The number of benzene rings is 2. The molecule has 2 aliphatic carbocycles. The highest BCUT2D eigenvalue weighted by molar-refractivity contribution is 6.04. The van der Waals surface area contributed by atoms with Crippen LogP contribution in [0.4, 0.5) is 5.69 Å². The van der Waals surface area contributed by atoms with Crippen molar-refractivity contribution in [3.8, 4) is 22.4 Å². The molecule has 11 nitrogen and oxygen atoms in total. The molecular weight excluding hydrogens is 791 g/mol. The predicted molar refractivity (Wildman–Crippen MR) is 245 cm³/mol. The number of aliphatic hydroxyl groups excluding tert-OH is 1. The van der Waals surface area contributed by atoms with Crippen LogP contribution in [0.2, 0.25) is 0 Å². The molecule has 2 saturated heterocycles. The van der Waals surface area contributed by atoms with Gasteiger partial charge in [-0.15, -0.1) is 0 Å². The largest absolute Gasteiger partial charge is 0.469 e. The molecule has 1 aromatic heterocycles. The standard InChI is InChI=1S/C52H61N5O6/c1-29(2)40(24-36(59)28-58)51(61)56-18-6-8-47(56)45-23-35(27-54-45)33-12-17-44(53-26-33)39-15-14-37(42-21-32-10-13-38(32)50(39)42)31-11-16-43-34(20-31)22-46(55-43)48-9-7-19-57(48)52(62)41(30(3)4)25-49(60)63-5/h11-12,14-17,20,26-27,29-30,32,38,40-41,47-48,58H,6-10,13,18-19,21-25,28H2,1-5H3/t32?,38?,40-,41-,47-,48-/m0/s1. The van der Waals surface area contributed by atoms with Gasteiger partial charge >= 0.3 is 5.97 Å². The monoisotopic (exact) mass is 851 g/mol. The number of aliphatic imine (C=N–C) groups is 2. The number of ether oxygens (including phenoxy) is 1. The van der Waals surface area contributed by atoms with Crippen molar-refractivity contribution in [3.05, 3.63) is 77.1 Å². The summed E-state index contributed by atoms with van der Waals surface area (Å²) in [5.41, 5.74) is 13.9. The van der Waals surface area contributed by atoms with Gasteiger partial charge in [-0.05, 0) is 126 Å². The molecule has 3 fully saturated rings. The van der Waals surface area contributed by atoms with E-state index in [1.165, 1.54) is 53.3 Å². The SMILES string of the molecule is COC(=O)C[C@H](C(=O)N1CCC[C@H]1C1=Nc2ccc(-c3ccc(-c4ccc(C5=CN=C([C@@H]6CCCN6C(=O)[C@@H](CC(=O)CO)C(C)C)C5)cn4)c4c3CC3CCC43)cc2C1)C(C)C. The summed E-state index contributed by atoms with van der Waals surface area (Å²) in [6, 6.07) is 15.4. The zero-order valence-corrected chi connectivity index (χ0v) is 37.4. The fourth-order valence-electron chi connectivity index (χ4n) is 11.4. The molecule has 1 N–H and O–H groups in total. The molecule has 0 bridgehead atoms. The van der Waals surface area contributed by atoms with Gasteiger partial charge in [0, 0.05) is 67.7 Å². The lowest BCUT2D eigenvalue weighted by Gasteiger charge is -2.31. The number of esters is 1. The number of likely N-dealkylation sites (tertiary alicyclic amines) is 2. The van der Waals surface area contributed by atoms with Gasteiger partial charge in [-0.3, -0.25) is 34.1 Å². The van der Waals surface area contributed by atoms with E-state index in [0.717, 1.165) is 72.5 Å². The maximum absolute atomic E-state index is 13.9. The van der Waals surface area contributed by atoms with Gasteiger partial charge in [-0.2, -0.15) is 0 Å². The second-order valence-corrected chi connectivity index (χ2v) is 19.5. The topological polar surface area (TPSA) is 142 Å².